The molecule has 1 aromatic carbocycles. The molecule has 0 radical (unpaired) electrons. The number of anilines is 1. The van der Waals surface area contributed by atoms with E-state index in [4.69, 9.17) is 12.2 Å². The van der Waals surface area contributed by atoms with Crippen molar-refractivity contribution >= 4 is 40.0 Å². The van der Waals surface area contributed by atoms with Gasteiger partial charge in [0.25, 0.3) is 0 Å². The molecule has 0 fully saturated rings. The largest absolute Gasteiger partial charge is 0.359 e. The van der Waals surface area contributed by atoms with E-state index >= 15 is 0 Å². The average Bonchev–Trinajstić information content (AvgIpc) is 2.66. The molecule has 0 aliphatic carbocycles. The van der Waals surface area contributed by atoms with Crippen molar-refractivity contribution in [2.24, 2.45) is 5.18 Å². The Morgan fingerprint density at radius 1 is 1.20 bits per heavy atom. The highest BCUT2D eigenvalue weighted by atomic mass is 32.1. The number of hydrogen-bond acceptors (Lipinski definition) is 6. The lowest BCUT2D eigenvalue weighted by Gasteiger charge is -2.09. The van der Waals surface area contributed by atoms with Crippen LogP contribution in [0.15, 0.2) is 60.4 Å². The van der Waals surface area contributed by atoms with E-state index in [2.05, 4.69) is 37.3 Å². The Hall–Kier alpha value is -3.26. The summed E-state index contributed by atoms with van der Waals surface area (Å²) in [7, 11) is 0. The van der Waals surface area contributed by atoms with Gasteiger partial charge in [-0.2, -0.15) is 0 Å². The van der Waals surface area contributed by atoms with E-state index in [0.717, 1.165) is 5.56 Å². The highest BCUT2D eigenvalue weighted by Gasteiger charge is 2.06. The van der Waals surface area contributed by atoms with Crippen LogP contribution in [0.2, 0.25) is 0 Å². The van der Waals surface area contributed by atoms with Crippen molar-refractivity contribution in [1.82, 2.24) is 20.3 Å². The number of nitroso groups, excluding NO2 is 1. The van der Waals surface area contributed by atoms with E-state index in [1.165, 1.54) is 0 Å². The van der Waals surface area contributed by atoms with E-state index in [-0.39, 0.29) is 0 Å². The van der Waals surface area contributed by atoms with E-state index in [0.29, 0.717) is 40.0 Å². The summed E-state index contributed by atoms with van der Waals surface area (Å²) < 4.78 is 0. The molecule has 2 heterocycles. The Labute approximate surface area is 149 Å². The first kappa shape index (κ1) is 16.6. The van der Waals surface area contributed by atoms with Crippen LogP contribution in [0.4, 0.5) is 11.5 Å². The Kier molecular flexibility index (Phi) is 5.00. The standard InChI is InChI=1S/C17H14N6OS/c1-2-9-18-17(25)22-15-8-7-13-16(21-15)20-14(10-19-13)11-3-5-12(23-24)6-4-11/h2-8,10H,1,9H2,(H2,18,20,21,22,25). The van der Waals surface area contributed by atoms with Crippen LogP contribution in [-0.4, -0.2) is 26.6 Å². The quantitative estimate of drug-likeness (QED) is 0.413. The van der Waals surface area contributed by atoms with E-state index in [1.807, 2.05) is 6.07 Å². The number of rotatable bonds is 5. The third-order valence-electron chi connectivity index (χ3n) is 3.32. The molecule has 0 aliphatic rings. The molecule has 0 bridgehead atoms. The predicted octanol–water partition coefficient (Wildman–Crippen LogP) is 3.56. The van der Waals surface area contributed by atoms with Gasteiger partial charge < -0.3 is 10.6 Å². The van der Waals surface area contributed by atoms with Gasteiger partial charge in [-0.25, -0.2) is 9.97 Å². The summed E-state index contributed by atoms with van der Waals surface area (Å²) in [5.41, 5.74) is 3.01. The van der Waals surface area contributed by atoms with Crippen molar-refractivity contribution in [1.29, 1.82) is 0 Å². The van der Waals surface area contributed by atoms with Crippen molar-refractivity contribution in [3.63, 3.8) is 0 Å². The fraction of sp³-hybridized carbons (Fsp3) is 0.0588. The van der Waals surface area contributed by atoms with Crippen LogP contribution in [0.1, 0.15) is 0 Å². The normalized spacial score (nSPS) is 10.2. The fourth-order valence-corrected chi connectivity index (χ4v) is 2.31. The minimum atomic E-state index is 0.364. The van der Waals surface area contributed by atoms with Crippen LogP contribution in [0.5, 0.6) is 0 Å². The molecule has 0 amide bonds. The zero-order valence-electron chi connectivity index (χ0n) is 13.1. The maximum Gasteiger partial charge on any atom is 0.180 e. The number of nitrogens with zero attached hydrogens (tertiary/aromatic N) is 4. The molecule has 0 unspecified atom stereocenters. The first-order chi connectivity index (χ1) is 12.2. The van der Waals surface area contributed by atoms with Crippen molar-refractivity contribution in [3.05, 3.63) is 60.2 Å². The maximum atomic E-state index is 10.5. The lowest BCUT2D eigenvalue weighted by atomic mass is 10.1. The summed E-state index contributed by atoms with van der Waals surface area (Å²) in [6.45, 7) is 4.19. The molecule has 8 heteroatoms. The SMILES string of the molecule is C=CCNC(=S)Nc1ccc2ncc(-c3ccc(N=O)cc3)nc2n1. The van der Waals surface area contributed by atoms with Crippen molar-refractivity contribution in [2.45, 2.75) is 0 Å². The van der Waals surface area contributed by atoms with Crippen LogP contribution < -0.4 is 10.6 Å². The van der Waals surface area contributed by atoms with Crippen LogP contribution in [0.25, 0.3) is 22.4 Å². The average molecular weight is 350 g/mol. The number of nitrogens with one attached hydrogen (secondary N) is 2. The molecule has 0 spiro atoms. The molecule has 0 aliphatic heterocycles. The smallest absolute Gasteiger partial charge is 0.180 e. The van der Waals surface area contributed by atoms with Crippen molar-refractivity contribution < 1.29 is 0 Å². The van der Waals surface area contributed by atoms with Crippen LogP contribution in [0, 0.1) is 4.91 Å². The highest BCUT2D eigenvalue weighted by Crippen LogP contribution is 2.22. The third kappa shape index (κ3) is 3.99. The predicted molar refractivity (Wildman–Crippen MR) is 103 cm³/mol. The number of fused-ring (bicyclic) bond motifs is 1. The first-order valence-electron chi connectivity index (χ1n) is 7.43. The number of pyridine rings is 1. The first-order valence-corrected chi connectivity index (χ1v) is 7.84. The van der Waals surface area contributed by atoms with Crippen molar-refractivity contribution in [2.75, 3.05) is 11.9 Å². The lowest BCUT2D eigenvalue weighted by molar-refractivity contribution is 1.06. The molecule has 3 aromatic rings. The zero-order valence-corrected chi connectivity index (χ0v) is 14.0. The minimum Gasteiger partial charge on any atom is -0.359 e. The minimum absolute atomic E-state index is 0.364. The van der Waals surface area contributed by atoms with Crippen LogP contribution in [-0.2, 0) is 0 Å². The molecule has 7 nitrogen and oxygen atoms in total. The molecule has 25 heavy (non-hydrogen) atoms. The highest BCUT2D eigenvalue weighted by molar-refractivity contribution is 7.80. The molecule has 3 rings (SSSR count). The summed E-state index contributed by atoms with van der Waals surface area (Å²) in [6, 6.07) is 10.4. The van der Waals surface area contributed by atoms with Gasteiger partial charge in [-0.3, -0.25) is 4.98 Å². The Balaban J connectivity index is 1.88. The summed E-state index contributed by atoms with van der Waals surface area (Å²) in [4.78, 5) is 23.8. The molecular formula is C17H14N6OS. The Morgan fingerprint density at radius 3 is 2.72 bits per heavy atom. The van der Waals surface area contributed by atoms with Gasteiger partial charge in [0.05, 0.1) is 11.9 Å². The maximum absolute atomic E-state index is 10.5. The zero-order chi connectivity index (χ0) is 17.6. The summed E-state index contributed by atoms with van der Waals surface area (Å²) in [6.07, 6.45) is 3.38. The summed E-state index contributed by atoms with van der Waals surface area (Å²) >= 11 is 5.17. The van der Waals surface area contributed by atoms with Gasteiger partial charge in [0.2, 0.25) is 0 Å². The molecule has 2 aromatic heterocycles. The van der Waals surface area contributed by atoms with Gasteiger partial charge in [-0.1, -0.05) is 18.2 Å². The van der Waals surface area contributed by atoms with Crippen LogP contribution in [0.3, 0.4) is 0 Å². The second-order valence-corrected chi connectivity index (χ2v) is 5.46. The second kappa shape index (κ2) is 7.54. The Morgan fingerprint density at radius 2 is 2.00 bits per heavy atom. The van der Waals surface area contributed by atoms with E-state index < -0.39 is 0 Å². The van der Waals surface area contributed by atoms with E-state index in [9.17, 15) is 4.91 Å². The number of aromatic nitrogens is 3. The molecule has 0 saturated heterocycles. The van der Waals surface area contributed by atoms with Gasteiger partial charge >= 0.3 is 0 Å². The number of thiocarbonyl (C=S) groups is 1. The van der Waals surface area contributed by atoms with Gasteiger partial charge in [-0.05, 0) is 41.7 Å². The van der Waals surface area contributed by atoms with E-state index in [1.54, 1.807) is 42.6 Å². The summed E-state index contributed by atoms with van der Waals surface area (Å²) in [5.74, 6) is 0.570. The lowest BCUT2D eigenvalue weighted by Crippen LogP contribution is -2.28. The fourth-order valence-electron chi connectivity index (χ4n) is 2.12. The second-order valence-electron chi connectivity index (χ2n) is 5.06. The Bertz CT molecular complexity index is 942. The van der Waals surface area contributed by atoms with Crippen molar-refractivity contribution in [3.8, 4) is 11.3 Å². The number of benzene rings is 1. The number of hydrogen-bond donors (Lipinski definition) is 2. The van der Waals surface area contributed by atoms with Gasteiger partial charge in [0.15, 0.2) is 10.8 Å². The molecule has 0 atom stereocenters. The van der Waals surface area contributed by atoms with Crippen LogP contribution >= 0.6 is 12.2 Å². The third-order valence-corrected chi connectivity index (χ3v) is 3.57. The molecule has 0 saturated carbocycles. The molecule has 124 valence electrons. The van der Waals surface area contributed by atoms with Gasteiger partial charge in [0, 0.05) is 12.1 Å². The van der Waals surface area contributed by atoms with Gasteiger partial charge in [-0.15, -0.1) is 11.5 Å². The topological polar surface area (TPSA) is 92.2 Å². The molecular weight excluding hydrogens is 336 g/mol. The van der Waals surface area contributed by atoms with Gasteiger partial charge in [0.1, 0.15) is 17.0 Å². The molecule has 2 N–H and O–H groups in total. The monoisotopic (exact) mass is 350 g/mol. The summed E-state index contributed by atoms with van der Waals surface area (Å²) in [5, 5.41) is 9.29.